The summed E-state index contributed by atoms with van der Waals surface area (Å²) in [7, 11) is 1.72. The Morgan fingerprint density at radius 1 is 1.10 bits per heavy atom. The second-order valence-electron chi connectivity index (χ2n) is 6.20. The van der Waals surface area contributed by atoms with E-state index in [-0.39, 0.29) is 27.6 Å². The van der Waals surface area contributed by atoms with Gasteiger partial charge in [-0.25, -0.2) is 12.7 Å². The zero-order valence-electron chi connectivity index (χ0n) is 16.5. The maximum atomic E-state index is 12.8. The summed E-state index contributed by atoms with van der Waals surface area (Å²) in [5, 5.41) is 14.0. The van der Waals surface area contributed by atoms with E-state index >= 15 is 0 Å². The van der Waals surface area contributed by atoms with Gasteiger partial charge in [0, 0.05) is 25.8 Å². The molecule has 0 aliphatic heterocycles. The zero-order chi connectivity index (χ0) is 21.9. The lowest BCUT2D eigenvalue weighted by Gasteiger charge is -2.15. The molecule has 0 fully saturated rings. The highest BCUT2D eigenvalue weighted by molar-refractivity contribution is 7.89. The molecule has 0 unspecified atom stereocenters. The lowest BCUT2D eigenvalue weighted by molar-refractivity contribution is -0.385. The van der Waals surface area contributed by atoms with Crippen LogP contribution in [0, 0.1) is 17.0 Å². The van der Waals surface area contributed by atoms with Gasteiger partial charge in [0.1, 0.15) is 5.56 Å². The molecule has 0 aromatic heterocycles. The van der Waals surface area contributed by atoms with Gasteiger partial charge in [-0.15, -0.1) is 0 Å². The summed E-state index contributed by atoms with van der Waals surface area (Å²) in [6.45, 7) is 1.67. The van der Waals surface area contributed by atoms with E-state index in [0.717, 1.165) is 10.4 Å². The van der Waals surface area contributed by atoms with Gasteiger partial charge in [-0.05, 0) is 24.6 Å². The first kappa shape index (κ1) is 22.1. The van der Waals surface area contributed by atoms with Crippen LogP contribution in [-0.4, -0.2) is 51.9 Å². The number of rotatable bonds is 7. The second-order valence-corrected chi connectivity index (χ2v) is 8.35. The van der Waals surface area contributed by atoms with Crippen molar-refractivity contribution in [2.24, 2.45) is 0 Å². The first-order valence-corrected chi connectivity index (χ1v) is 9.71. The van der Waals surface area contributed by atoms with Crippen LogP contribution in [0.25, 0.3) is 0 Å². The third kappa shape index (κ3) is 4.46. The third-order valence-electron chi connectivity index (χ3n) is 4.18. The van der Waals surface area contributed by atoms with E-state index in [1.165, 1.54) is 52.6 Å². The molecule has 0 atom stereocenters. The van der Waals surface area contributed by atoms with Crippen molar-refractivity contribution >= 4 is 27.3 Å². The standard InChI is InChI=1S/C18H21N3O7S/c1-11-6-7-12(29(25,26)20(2)3)8-14(11)19-18(22)13-9-16(27-4)17(28-5)10-15(13)21(23)24/h6-10H,1-5H3,(H,19,22). The van der Waals surface area contributed by atoms with E-state index in [1.807, 2.05) is 0 Å². The number of amides is 1. The summed E-state index contributed by atoms with van der Waals surface area (Å²) in [5.74, 6) is -0.546. The topological polar surface area (TPSA) is 128 Å². The van der Waals surface area contributed by atoms with Gasteiger partial charge in [0.25, 0.3) is 11.6 Å². The Hall–Kier alpha value is -3.18. The molecule has 0 aliphatic carbocycles. The molecule has 156 valence electrons. The molecule has 0 bridgehead atoms. The average Bonchev–Trinajstić information content (AvgIpc) is 2.67. The van der Waals surface area contributed by atoms with E-state index in [9.17, 15) is 23.3 Å². The lowest BCUT2D eigenvalue weighted by Crippen LogP contribution is -2.22. The molecule has 29 heavy (non-hydrogen) atoms. The number of nitro groups is 1. The molecule has 1 amide bonds. The highest BCUT2D eigenvalue weighted by Crippen LogP contribution is 2.35. The smallest absolute Gasteiger partial charge is 0.286 e. The Bertz CT molecular complexity index is 1070. The Kier molecular flexibility index (Phi) is 6.44. The molecular formula is C18H21N3O7S. The predicted octanol–water partition coefficient (Wildman–Crippen LogP) is 2.42. The van der Waals surface area contributed by atoms with Crippen molar-refractivity contribution in [1.82, 2.24) is 4.31 Å². The molecule has 0 aliphatic rings. The van der Waals surface area contributed by atoms with Crippen LogP contribution in [0.1, 0.15) is 15.9 Å². The van der Waals surface area contributed by atoms with Crippen LogP contribution < -0.4 is 14.8 Å². The second kappa shape index (κ2) is 8.45. The van der Waals surface area contributed by atoms with Crippen molar-refractivity contribution in [2.75, 3.05) is 33.6 Å². The number of methoxy groups -OCH3 is 2. The van der Waals surface area contributed by atoms with Gasteiger partial charge in [0.2, 0.25) is 10.0 Å². The van der Waals surface area contributed by atoms with Gasteiger partial charge in [-0.3, -0.25) is 14.9 Å². The summed E-state index contributed by atoms with van der Waals surface area (Å²) in [5.41, 5.74) is 0.0592. The number of nitro benzene ring substituents is 1. The highest BCUT2D eigenvalue weighted by atomic mass is 32.2. The van der Waals surface area contributed by atoms with Crippen LogP contribution in [0.3, 0.4) is 0 Å². The fraction of sp³-hybridized carbons (Fsp3) is 0.278. The molecule has 0 saturated heterocycles. The Labute approximate surface area is 168 Å². The minimum absolute atomic E-state index is 0.0230. The minimum Gasteiger partial charge on any atom is -0.493 e. The number of benzene rings is 2. The van der Waals surface area contributed by atoms with Crippen LogP contribution >= 0.6 is 0 Å². The zero-order valence-corrected chi connectivity index (χ0v) is 17.4. The number of nitrogens with zero attached hydrogens (tertiary/aromatic N) is 2. The quantitative estimate of drug-likeness (QED) is 0.535. The molecule has 2 aromatic rings. The van der Waals surface area contributed by atoms with Crippen molar-refractivity contribution in [2.45, 2.75) is 11.8 Å². The van der Waals surface area contributed by atoms with Crippen LogP contribution in [0.5, 0.6) is 11.5 Å². The normalized spacial score (nSPS) is 11.2. The number of carbonyl (C=O) groups is 1. The Morgan fingerprint density at radius 2 is 1.69 bits per heavy atom. The van der Waals surface area contributed by atoms with Crippen LogP contribution in [0.2, 0.25) is 0 Å². The molecule has 11 heteroatoms. The van der Waals surface area contributed by atoms with Crippen molar-refractivity contribution in [3.8, 4) is 11.5 Å². The fourth-order valence-corrected chi connectivity index (χ4v) is 3.43. The number of ether oxygens (including phenoxy) is 2. The van der Waals surface area contributed by atoms with Crippen molar-refractivity contribution in [3.05, 3.63) is 51.6 Å². The maximum absolute atomic E-state index is 12.8. The maximum Gasteiger partial charge on any atom is 0.286 e. The fourth-order valence-electron chi connectivity index (χ4n) is 2.50. The minimum atomic E-state index is -3.72. The summed E-state index contributed by atoms with van der Waals surface area (Å²) in [6, 6.07) is 6.54. The average molecular weight is 423 g/mol. The van der Waals surface area contributed by atoms with Crippen LogP contribution in [-0.2, 0) is 10.0 Å². The van der Waals surface area contributed by atoms with E-state index in [2.05, 4.69) is 5.32 Å². The largest absolute Gasteiger partial charge is 0.493 e. The predicted molar refractivity (Wildman–Crippen MR) is 106 cm³/mol. The van der Waals surface area contributed by atoms with E-state index in [4.69, 9.17) is 9.47 Å². The molecule has 1 N–H and O–H groups in total. The first-order valence-electron chi connectivity index (χ1n) is 8.27. The molecule has 0 heterocycles. The van der Waals surface area contributed by atoms with E-state index in [1.54, 1.807) is 6.92 Å². The molecular weight excluding hydrogens is 402 g/mol. The Morgan fingerprint density at radius 3 is 2.21 bits per heavy atom. The van der Waals surface area contributed by atoms with Gasteiger partial charge >= 0.3 is 0 Å². The summed E-state index contributed by atoms with van der Waals surface area (Å²) >= 11 is 0. The number of aryl methyl sites for hydroxylation is 1. The van der Waals surface area contributed by atoms with Gasteiger partial charge in [0.05, 0.1) is 30.1 Å². The monoisotopic (exact) mass is 423 g/mol. The SMILES string of the molecule is COc1cc(C(=O)Nc2cc(S(=O)(=O)N(C)C)ccc2C)c([N+](=O)[O-])cc1OC. The highest BCUT2D eigenvalue weighted by Gasteiger charge is 2.25. The van der Waals surface area contributed by atoms with Gasteiger partial charge in [0.15, 0.2) is 11.5 Å². The number of hydrogen-bond donors (Lipinski definition) is 1. The number of hydrogen-bond acceptors (Lipinski definition) is 7. The third-order valence-corrected chi connectivity index (χ3v) is 5.99. The van der Waals surface area contributed by atoms with Gasteiger partial charge in [-0.1, -0.05) is 6.07 Å². The molecule has 2 aromatic carbocycles. The van der Waals surface area contributed by atoms with Gasteiger partial charge in [-0.2, -0.15) is 0 Å². The number of carbonyl (C=O) groups excluding carboxylic acids is 1. The van der Waals surface area contributed by atoms with Crippen molar-refractivity contribution in [3.63, 3.8) is 0 Å². The van der Waals surface area contributed by atoms with E-state index < -0.39 is 26.5 Å². The van der Waals surface area contributed by atoms with Crippen molar-refractivity contribution in [1.29, 1.82) is 0 Å². The summed E-state index contributed by atoms with van der Waals surface area (Å²) in [4.78, 5) is 23.5. The van der Waals surface area contributed by atoms with Gasteiger partial charge < -0.3 is 14.8 Å². The lowest BCUT2D eigenvalue weighted by atomic mass is 10.1. The first-order chi connectivity index (χ1) is 13.5. The molecule has 0 saturated carbocycles. The van der Waals surface area contributed by atoms with Crippen LogP contribution in [0.4, 0.5) is 11.4 Å². The molecule has 0 spiro atoms. The number of nitrogens with one attached hydrogen (secondary N) is 1. The Balaban J connectivity index is 2.52. The molecule has 0 radical (unpaired) electrons. The number of sulfonamides is 1. The van der Waals surface area contributed by atoms with Crippen LogP contribution in [0.15, 0.2) is 35.2 Å². The molecule has 10 nitrogen and oxygen atoms in total. The summed E-state index contributed by atoms with van der Waals surface area (Å²) in [6.07, 6.45) is 0. The van der Waals surface area contributed by atoms with Crippen molar-refractivity contribution < 1.29 is 27.6 Å². The molecule has 2 rings (SSSR count). The van der Waals surface area contributed by atoms with E-state index in [0.29, 0.717) is 5.56 Å². The number of anilines is 1. The summed E-state index contributed by atoms with van der Waals surface area (Å²) < 4.78 is 35.9.